The third-order valence-electron chi connectivity index (χ3n) is 2.88. The fourth-order valence-corrected chi connectivity index (χ4v) is 1.96. The molecule has 0 saturated carbocycles. The number of rotatable bonds is 2. The van der Waals surface area contributed by atoms with Crippen molar-refractivity contribution in [3.05, 3.63) is 18.1 Å². The minimum absolute atomic E-state index is 0.0291. The maximum Gasteiger partial charge on any atom is 0.394 e. The first-order chi connectivity index (χ1) is 8.44. The number of aromatic nitrogens is 2. The molecule has 1 aliphatic heterocycles. The topological polar surface area (TPSA) is 49.2 Å². The Balaban J connectivity index is 2.07. The van der Waals surface area contributed by atoms with Crippen LogP contribution in [0.4, 0.5) is 19.0 Å². The van der Waals surface area contributed by atoms with Gasteiger partial charge in [0.25, 0.3) is 0 Å². The third kappa shape index (κ3) is 3.56. The lowest BCUT2D eigenvalue weighted by atomic mass is 10.1. The minimum Gasteiger partial charge on any atom is -0.393 e. The zero-order valence-electron chi connectivity index (χ0n) is 9.69. The highest BCUT2D eigenvalue weighted by Gasteiger charge is 2.29. The van der Waals surface area contributed by atoms with Gasteiger partial charge >= 0.3 is 6.18 Å². The second-order valence-corrected chi connectivity index (χ2v) is 4.38. The molecule has 1 aromatic rings. The van der Waals surface area contributed by atoms with E-state index in [1.165, 1.54) is 6.07 Å². The van der Waals surface area contributed by atoms with Gasteiger partial charge in [-0.2, -0.15) is 13.2 Å². The Morgan fingerprint density at radius 3 is 2.56 bits per heavy atom. The van der Waals surface area contributed by atoms with Crippen molar-refractivity contribution >= 4 is 5.82 Å². The Bertz CT molecular complexity index is 403. The van der Waals surface area contributed by atoms with Crippen LogP contribution in [0.1, 0.15) is 18.5 Å². The van der Waals surface area contributed by atoms with Gasteiger partial charge in [-0.15, -0.1) is 0 Å². The van der Waals surface area contributed by atoms with Crippen molar-refractivity contribution in [2.45, 2.75) is 31.5 Å². The van der Waals surface area contributed by atoms with E-state index >= 15 is 0 Å². The summed E-state index contributed by atoms with van der Waals surface area (Å²) in [6, 6.07) is 1.37. The molecule has 0 unspecified atom stereocenters. The van der Waals surface area contributed by atoms with Crippen LogP contribution in [-0.2, 0) is 6.42 Å². The van der Waals surface area contributed by atoms with E-state index in [2.05, 4.69) is 9.97 Å². The van der Waals surface area contributed by atoms with Gasteiger partial charge in [-0.05, 0) is 12.8 Å². The molecule has 0 radical (unpaired) electrons. The molecule has 18 heavy (non-hydrogen) atoms. The van der Waals surface area contributed by atoms with Gasteiger partial charge in [-0.1, -0.05) is 0 Å². The van der Waals surface area contributed by atoms with Crippen LogP contribution in [-0.4, -0.2) is 40.4 Å². The molecule has 0 aliphatic carbocycles. The molecule has 4 nitrogen and oxygen atoms in total. The number of halogens is 3. The Kier molecular flexibility index (Phi) is 3.70. The second kappa shape index (κ2) is 5.09. The Morgan fingerprint density at radius 1 is 1.28 bits per heavy atom. The summed E-state index contributed by atoms with van der Waals surface area (Å²) >= 11 is 0. The first-order valence-electron chi connectivity index (χ1n) is 5.75. The highest BCUT2D eigenvalue weighted by atomic mass is 19.4. The average molecular weight is 261 g/mol. The van der Waals surface area contributed by atoms with Gasteiger partial charge in [0.15, 0.2) is 0 Å². The van der Waals surface area contributed by atoms with Gasteiger partial charge in [0.1, 0.15) is 12.1 Å². The first kappa shape index (κ1) is 13.1. The Hall–Kier alpha value is -1.37. The lowest BCUT2D eigenvalue weighted by molar-refractivity contribution is -0.127. The molecular formula is C11H14F3N3O. The maximum absolute atomic E-state index is 12.3. The normalized spacial score (nSPS) is 18.1. The van der Waals surface area contributed by atoms with Gasteiger partial charge in [-0.3, -0.25) is 0 Å². The summed E-state index contributed by atoms with van der Waals surface area (Å²) < 4.78 is 36.8. The molecule has 2 rings (SSSR count). The molecular weight excluding hydrogens is 247 g/mol. The summed E-state index contributed by atoms with van der Waals surface area (Å²) in [6.07, 6.45) is -3.25. The summed E-state index contributed by atoms with van der Waals surface area (Å²) in [5.41, 5.74) is -0.0291. The second-order valence-electron chi connectivity index (χ2n) is 4.38. The highest BCUT2D eigenvalue weighted by molar-refractivity contribution is 5.39. The molecule has 0 bridgehead atoms. The van der Waals surface area contributed by atoms with E-state index in [0.29, 0.717) is 31.7 Å². The van der Waals surface area contributed by atoms with E-state index in [0.717, 1.165) is 6.33 Å². The van der Waals surface area contributed by atoms with E-state index in [4.69, 9.17) is 0 Å². The molecule has 1 aliphatic rings. The SMILES string of the molecule is OC1CCN(c2cc(CC(F)(F)F)ncn2)CC1. The van der Waals surface area contributed by atoms with Crippen molar-refractivity contribution < 1.29 is 18.3 Å². The molecule has 0 spiro atoms. The maximum atomic E-state index is 12.3. The number of hydrogen-bond donors (Lipinski definition) is 1. The molecule has 1 aromatic heterocycles. The predicted octanol–water partition coefficient (Wildman–Crippen LogP) is 1.54. The predicted molar refractivity (Wildman–Crippen MR) is 59.2 cm³/mol. The van der Waals surface area contributed by atoms with Crippen LogP contribution in [0, 0.1) is 0 Å². The van der Waals surface area contributed by atoms with Gasteiger partial charge in [0.05, 0.1) is 18.2 Å². The van der Waals surface area contributed by atoms with Crippen LogP contribution in [0.5, 0.6) is 0 Å². The van der Waals surface area contributed by atoms with Crippen LogP contribution in [0.15, 0.2) is 12.4 Å². The van der Waals surface area contributed by atoms with Gasteiger partial charge in [0.2, 0.25) is 0 Å². The number of hydrogen-bond acceptors (Lipinski definition) is 4. The highest BCUT2D eigenvalue weighted by Crippen LogP contribution is 2.23. The van der Waals surface area contributed by atoms with E-state index in [9.17, 15) is 18.3 Å². The number of piperidine rings is 1. The molecule has 1 saturated heterocycles. The quantitative estimate of drug-likeness (QED) is 0.877. The van der Waals surface area contributed by atoms with Crippen molar-refractivity contribution in [2.24, 2.45) is 0 Å². The fourth-order valence-electron chi connectivity index (χ4n) is 1.96. The smallest absolute Gasteiger partial charge is 0.393 e. The van der Waals surface area contributed by atoms with Crippen molar-refractivity contribution in [1.82, 2.24) is 9.97 Å². The summed E-state index contributed by atoms with van der Waals surface area (Å²) in [4.78, 5) is 9.48. The molecule has 2 heterocycles. The molecule has 0 amide bonds. The first-order valence-corrected chi connectivity index (χ1v) is 5.75. The lowest BCUT2D eigenvalue weighted by Gasteiger charge is -2.30. The van der Waals surface area contributed by atoms with Crippen LogP contribution in [0.3, 0.4) is 0 Å². The Morgan fingerprint density at radius 2 is 1.94 bits per heavy atom. The minimum atomic E-state index is -4.26. The van der Waals surface area contributed by atoms with Crippen LogP contribution in [0.2, 0.25) is 0 Å². The van der Waals surface area contributed by atoms with Gasteiger partial charge in [-0.25, -0.2) is 9.97 Å². The molecule has 100 valence electrons. The summed E-state index contributed by atoms with van der Waals surface area (Å²) in [5.74, 6) is 0.496. The summed E-state index contributed by atoms with van der Waals surface area (Å²) in [6.45, 7) is 1.20. The molecule has 7 heteroatoms. The number of aliphatic hydroxyl groups is 1. The van der Waals surface area contributed by atoms with Crippen molar-refractivity contribution in [2.75, 3.05) is 18.0 Å². The zero-order chi connectivity index (χ0) is 13.2. The van der Waals surface area contributed by atoms with E-state index in [1.54, 1.807) is 0 Å². The van der Waals surface area contributed by atoms with Crippen LogP contribution < -0.4 is 4.90 Å². The van der Waals surface area contributed by atoms with Crippen LogP contribution in [0.25, 0.3) is 0 Å². The molecule has 0 atom stereocenters. The standard InChI is InChI=1S/C11H14F3N3O/c12-11(13,14)6-8-5-10(16-7-15-8)17-3-1-9(18)2-4-17/h5,7,9,18H,1-4,6H2. The zero-order valence-corrected chi connectivity index (χ0v) is 9.69. The third-order valence-corrected chi connectivity index (χ3v) is 2.88. The number of anilines is 1. The summed E-state index contributed by atoms with van der Waals surface area (Å²) in [5, 5.41) is 9.37. The average Bonchev–Trinajstić information content (AvgIpc) is 2.28. The lowest BCUT2D eigenvalue weighted by Crippen LogP contribution is -2.36. The number of nitrogens with zero attached hydrogens (tertiary/aromatic N) is 3. The molecule has 1 fully saturated rings. The monoisotopic (exact) mass is 261 g/mol. The van der Waals surface area contributed by atoms with Gasteiger partial charge in [0, 0.05) is 19.2 Å². The van der Waals surface area contributed by atoms with E-state index < -0.39 is 12.6 Å². The number of alkyl halides is 3. The van der Waals surface area contributed by atoms with Crippen molar-refractivity contribution in [1.29, 1.82) is 0 Å². The number of aliphatic hydroxyl groups excluding tert-OH is 1. The summed E-state index contributed by atoms with van der Waals surface area (Å²) in [7, 11) is 0. The fraction of sp³-hybridized carbons (Fsp3) is 0.636. The van der Waals surface area contributed by atoms with E-state index in [1.807, 2.05) is 4.90 Å². The van der Waals surface area contributed by atoms with Gasteiger partial charge < -0.3 is 10.0 Å². The molecule has 0 aromatic carbocycles. The van der Waals surface area contributed by atoms with Crippen LogP contribution >= 0.6 is 0 Å². The van der Waals surface area contributed by atoms with Crippen molar-refractivity contribution in [3.8, 4) is 0 Å². The molecule has 1 N–H and O–H groups in total. The van der Waals surface area contributed by atoms with E-state index in [-0.39, 0.29) is 11.8 Å². The Labute approximate surface area is 102 Å². The van der Waals surface area contributed by atoms with Crippen molar-refractivity contribution in [3.63, 3.8) is 0 Å². The largest absolute Gasteiger partial charge is 0.394 e.